The van der Waals surface area contributed by atoms with Crippen molar-refractivity contribution < 1.29 is 9.59 Å². The van der Waals surface area contributed by atoms with E-state index in [4.69, 9.17) is 0 Å². The Hall–Kier alpha value is -2.37. The quantitative estimate of drug-likeness (QED) is 0.748. The van der Waals surface area contributed by atoms with Crippen molar-refractivity contribution in [1.29, 1.82) is 0 Å². The van der Waals surface area contributed by atoms with Crippen molar-refractivity contribution in [3.8, 4) is 0 Å². The van der Waals surface area contributed by atoms with Crippen LogP contribution in [0, 0.1) is 11.8 Å². The first-order chi connectivity index (χ1) is 14.1. The summed E-state index contributed by atoms with van der Waals surface area (Å²) in [6.07, 6.45) is 3.75. The van der Waals surface area contributed by atoms with Gasteiger partial charge in [-0.05, 0) is 74.0 Å². The molecule has 1 saturated heterocycles. The summed E-state index contributed by atoms with van der Waals surface area (Å²) in [5.41, 5.74) is 3.48. The number of piperidine rings is 1. The fourth-order valence-electron chi connectivity index (χ4n) is 4.47. The fourth-order valence-corrected chi connectivity index (χ4v) is 4.47. The first-order valence-corrected chi connectivity index (χ1v) is 10.6. The lowest BCUT2D eigenvalue weighted by atomic mass is 9.85. The predicted molar refractivity (Wildman–Crippen MR) is 124 cm³/mol. The Bertz CT molecular complexity index is 896. The molecule has 2 aliphatic rings. The van der Waals surface area contributed by atoms with E-state index >= 15 is 0 Å². The van der Waals surface area contributed by atoms with Crippen LogP contribution >= 0.6 is 12.4 Å². The molecule has 2 aromatic carbocycles. The van der Waals surface area contributed by atoms with E-state index in [0.717, 1.165) is 25.2 Å². The van der Waals surface area contributed by atoms with Gasteiger partial charge in [0.05, 0.1) is 0 Å². The van der Waals surface area contributed by atoms with Gasteiger partial charge in [0.1, 0.15) is 0 Å². The molecule has 0 aromatic heterocycles. The molecule has 160 valence electrons. The first-order valence-electron chi connectivity index (χ1n) is 10.6. The Labute approximate surface area is 184 Å². The van der Waals surface area contributed by atoms with Crippen LogP contribution in [-0.4, -0.2) is 31.4 Å². The number of hydrogen-bond acceptors (Lipinski definition) is 3. The number of benzene rings is 2. The number of nitrogens with one attached hydrogen (secondary N) is 2. The Kier molecular flexibility index (Phi) is 7.51. The zero-order valence-electron chi connectivity index (χ0n) is 17.4. The van der Waals surface area contributed by atoms with Gasteiger partial charge in [0.15, 0.2) is 0 Å². The van der Waals surface area contributed by atoms with Crippen LogP contribution in [0.5, 0.6) is 0 Å². The van der Waals surface area contributed by atoms with Crippen LogP contribution in [0.15, 0.2) is 48.5 Å². The minimum atomic E-state index is -0.0207. The summed E-state index contributed by atoms with van der Waals surface area (Å²) in [5.74, 6) is 0.887. The number of carbonyl (C=O) groups is 2. The molecule has 4 rings (SSSR count). The molecule has 5 nitrogen and oxygen atoms in total. The SMILES string of the molecule is CC(CC(=O)Nc1cccc(C(=O)N2CCc3ccccc32)c1)C1CCCNC1.Cl. The van der Waals surface area contributed by atoms with E-state index in [0.29, 0.717) is 36.1 Å². The lowest BCUT2D eigenvalue weighted by molar-refractivity contribution is -0.117. The molecule has 0 spiro atoms. The highest BCUT2D eigenvalue weighted by atomic mass is 35.5. The van der Waals surface area contributed by atoms with E-state index in [1.807, 2.05) is 41.3 Å². The second-order valence-corrected chi connectivity index (χ2v) is 8.25. The second kappa shape index (κ2) is 10.1. The Morgan fingerprint density at radius 1 is 1.20 bits per heavy atom. The highest BCUT2D eigenvalue weighted by Gasteiger charge is 2.25. The van der Waals surface area contributed by atoms with Crippen LogP contribution < -0.4 is 15.5 Å². The van der Waals surface area contributed by atoms with Crippen LogP contribution in [0.25, 0.3) is 0 Å². The highest BCUT2D eigenvalue weighted by Crippen LogP contribution is 2.29. The van der Waals surface area contributed by atoms with Gasteiger partial charge < -0.3 is 15.5 Å². The zero-order valence-corrected chi connectivity index (χ0v) is 18.2. The maximum Gasteiger partial charge on any atom is 0.258 e. The lowest BCUT2D eigenvalue weighted by Gasteiger charge is -2.28. The number of nitrogens with zero attached hydrogens (tertiary/aromatic N) is 1. The van der Waals surface area contributed by atoms with Gasteiger partial charge in [0.2, 0.25) is 5.91 Å². The summed E-state index contributed by atoms with van der Waals surface area (Å²) < 4.78 is 0. The summed E-state index contributed by atoms with van der Waals surface area (Å²) in [7, 11) is 0. The van der Waals surface area contributed by atoms with E-state index in [1.165, 1.54) is 18.4 Å². The van der Waals surface area contributed by atoms with Crippen molar-refractivity contribution >= 4 is 35.6 Å². The normalized spacial score (nSPS) is 18.8. The molecule has 0 radical (unpaired) electrons. The highest BCUT2D eigenvalue weighted by molar-refractivity contribution is 6.08. The average Bonchev–Trinajstić information content (AvgIpc) is 3.18. The van der Waals surface area contributed by atoms with E-state index in [9.17, 15) is 9.59 Å². The van der Waals surface area contributed by atoms with Crippen LogP contribution in [0.2, 0.25) is 0 Å². The van der Waals surface area contributed by atoms with Crippen molar-refractivity contribution in [2.24, 2.45) is 11.8 Å². The standard InChI is InChI=1S/C24H29N3O2.ClH/c1-17(20-8-5-12-25-16-20)14-23(28)26-21-9-4-7-19(15-21)24(29)27-13-11-18-6-2-3-10-22(18)27;/h2-4,6-7,9-10,15,17,20,25H,5,8,11-14,16H2,1H3,(H,26,28);1H. The summed E-state index contributed by atoms with van der Waals surface area (Å²) in [6.45, 7) is 4.93. The lowest BCUT2D eigenvalue weighted by Crippen LogP contribution is -2.34. The molecule has 0 saturated carbocycles. The Morgan fingerprint density at radius 3 is 2.83 bits per heavy atom. The summed E-state index contributed by atoms with van der Waals surface area (Å²) >= 11 is 0. The molecular weight excluding hydrogens is 398 g/mol. The van der Waals surface area contributed by atoms with Gasteiger partial charge in [0.25, 0.3) is 5.91 Å². The number of carbonyl (C=O) groups excluding carboxylic acids is 2. The molecule has 2 atom stereocenters. The van der Waals surface area contributed by atoms with Gasteiger partial charge in [-0.1, -0.05) is 31.2 Å². The predicted octanol–water partition coefficient (Wildman–Crippen LogP) is 4.28. The fraction of sp³-hybridized carbons (Fsp3) is 0.417. The molecule has 2 unspecified atom stereocenters. The van der Waals surface area contributed by atoms with Crippen molar-refractivity contribution in [2.75, 3.05) is 29.9 Å². The smallest absolute Gasteiger partial charge is 0.258 e. The van der Waals surface area contributed by atoms with Gasteiger partial charge in [-0.2, -0.15) is 0 Å². The van der Waals surface area contributed by atoms with E-state index in [2.05, 4.69) is 23.6 Å². The number of amides is 2. The molecule has 0 bridgehead atoms. The molecular formula is C24H30ClN3O2. The maximum atomic E-state index is 13.0. The Morgan fingerprint density at radius 2 is 2.03 bits per heavy atom. The van der Waals surface area contributed by atoms with Crippen molar-refractivity contribution in [2.45, 2.75) is 32.6 Å². The van der Waals surface area contributed by atoms with Crippen LogP contribution in [0.3, 0.4) is 0 Å². The molecule has 1 fully saturated rings. The molecule has 2 amide bonds. The van der Waals surface area contributed by atoms with Gasteiger partial charge in [0, 0.05) is 29.9 Å². The van der Waals surface area contributed by atoms with Gasteiger partial charge in [-0.15, -0.1) is 12.4 Å². The minimum Gasteiger partial charge on any atom is -0.326 e. The zero-order chi connectivity index (χ0) is 20.2. The third kappa shape index (κ3) is 5.02. The first kappa shape index (κ1) is 22.3. The number of hydrogen-bond donors (Lipinski definition) is 2. The number of rotatable bonds is 5. The second-order valence-electron chi connectivity index (χ2n) is 8.25. The van der Waals surface area contributed by atoms with Gasteiger partial charge >= 0.3 is 0 Å². The summed E-state index contributed by atoms with van der Waals surface area (Å²) in [4.78, 5) is 27.4. The van der Waals surface area contributed by atoms with Gasteiger partial charge in [-0.3, -0.25) is 9.59 Å². The topological polar surface area (TPSA) is 61.4 Å². The minimum absolute atomic E-state index is 0. The molecule has 2 N–H and O–H groups in total. The van der Waals surface area contributed by atoms with Crippen LogP contribution in [0.1, 0.15) is 42.1 Å². The van der Waals surface area contributed by atoms with Crippen LogP contribution in [-0.2, 0) is 11.2 Å². The largest absolute Gasteiger partial charge is 0.326 e. The number of halogens is 1. The molecule has 2 aromatic rings. The molecule has 30 heavy (non-hydrogen) atoms. The third-order valence-corrected chi connectivity index (χ3v) is 6.17. The summed E-state index contributed by atoms with van der Waals surface area (Å²) in [5, 5.41) is 6.41. The van der Waals surface area contributed by atoms with E-state index in [1.54, 1.807) is 6.07 Å². The monoisotopic (exact) mass is 427 g/mol. The molecule has 0 aliphatic carbocycles. The molecule has 2 heterocycles. The maximum absolute atomic E-state index is 13.0. The third-order valence-electron chi connectivity index (χ3n) is 6.17. The van der Waals surface area contributed by atoms with Crippen LogP contribution in [0.4, 0.5) is 11.4 Å². The number of fused-ring (bicyclic) bond motifs is 1. The van der Waals surface area contributed by atoms with Crippen molar-refractivity contribution in [3.05, 3.63) is 59.7 Å². The molecule has 2 aliphatic heterocycles. The summed E-state index contributed by atoms with van der Waals surface area (Å²) in [6, 6.07) is 15.3. The van der Waals surface area contributed by atoms with Gasteiger partial charge in [-0.25, -0.2) is 0 Å². The van der Waals surface area contributed by atoms with Crippen molar-refractivity contribution in [1.82, 2.24) is 5.32 Å². The Balaban J connectivity index is 0.00000256. The average molecular weight is 428 g/mol. The molecule has 6 heteroatoms. The number of anilines is 2. The van der Waals surface area contributed by atoms with E-state index < -0.39 is 0 Å². The van der Waals surface area contributed by atoms with E-state index in [-0.39, 0.29) is 24.2 Å². The van der Waals surface area contributed by atoms with Crippen molar-refractivity contribution in [3.63, 3.8) is 0 Å². The number of para-hydroxylation sites is 1.